The number of hydrogen-bond donors (Lipinski definition) is 2. The van der Waals surface area contributed by atoms with E-state index in [-0.39, 0.29) is 18.1 Å². The highest BCUT2D eigenvalue weighted by atomic mass is 16.6. The van der Waals surface area contributed by atoms with Gasteiger partial charge in [-0.15, -0.1) is 0 Å². The van der Waals surface area contributed by atoms with Crippen LogP contribution in [0.3, 0.4) is 0 Å². The fourth-order valence-corrected chi connectivity index (χ4v) is 3.37. The van der Waals surface area contributed by atoms with Crippen LogP contribution in [0.2, 0.25) is 0 Å². The summed E-state index contributed by atoms with van der Waals surface area (Å²) in [6.07, 6.45) is 3.74. The Balaban J connectivity index is 2.14. The number of carbonyl (C=O) groups excluding carboxylic acids is 2. The zero-order valence-corrected chi connectivity index (χ0v) is 13.3. The predicted octanol–water partition coefficient (Wildman–Crippen LogP) is 1.73. The lowest BCUT2D eigenvalue weighted by Gasteiger charge is -2.46. The van der Waals surface area contributed by atoms with Crippen molar-refractivity contribution in [2.45, 2.75) is 76.1 Å². The van der Waals surface area contributed by atoms with Gasteiger partial charge < -0.3 is 20.1 Å². The number of fused-ring (bicyclic) bond motifs is 2. The number of amides is 1. The van der Waals surface area contributed by atoms with E-state index < -0.39 is 17.2 Å². The summed E-state index contributed by atoms with van der Waals surface area (Å²) in [5.74, 6) is -0.383. The number of esters is 1. The predicted molar refractivity (Wildman–Crippen MR) is 77.9 cm³/mol. The molecule has 2 N–H and O–H groups in total. The quantitative estimate of drug-likeness (QED) is 0.759. The average Bonchev–Trinajstić information content (AvgIpc) is 2.34. The number of carbonyl (C=O) groups is 2. The summed E-state index contributed by atoms with van der Waals surface area (Å²) in [6, 6.07) is 0.484. The summed E-state index contributed by atoms with van der Waals surface area (Å²) < 4.78 is 10.3. The van der Waals surface area contributed by atoms with Crippen molar-refractivity contribution >= 4 is 12.1 Å². The first-order chi connectivity index (χ1) is 9.74. The lowest BCUT2D eigenvalue weighted by Crippen LogP contribution is -2.66. The third-order valence-electron chi connectivity index (χ3n) is 4.08. The molecule has 0 aliphatic carbocycles. The second-order valence-corrected chi connectivity index (χ2v) is 7.10. The minimum absolute atomic E-state index is 0.242. The highest BCUT2D eigenvalue weighted by molar-refractivity contribution is 5.86. The summed E-state index contributed by atoms with van der Waals surface area (Å²) in [4.78, 5) is 24.4. The molecule has 2 bridgehead atoms. The van der Waals surface area contributed by atoms with Gasteiger partial charge in [-0.3, -0.25) is 0 Å². The number of piperidine rings is 2. The Labute approximate surface area is 125 Å². The zero-order chi connectivity index (χ0) is 15.7. The summed E-state index contributed by atoms with van der Waals surface area (Å²) in [6.45, 7) is 5.40. The van der Waals surface area contributed by atoms with Gasteiger partial charge in [0.05, 0.1) is 7.11 Å². The molecule has 2 unspecified atom stereocenters. The van der Waals surface area contributed by atoms with E-state index in [1.54, 1.807) is 20.8 Å². The van der Waals surface area contributed by atoms with E-state index in [1.165, 1.54) is 7.11 Å². The van der Waals surface area contributed by atoms with Crippen LogP contribution >= 0.6 is 0 Å². The Kier molecular flexibility index (Phi) is 4.46. The van der Waals surface area contributed by atoms with Crippen LogP contribution < -0.4 is 10.6 Å². The first-order valence-electron chi connectivity index (χ1n) is 7.60. The molecule has 0 aromatic rings. The third kappa shape index (κ3) is 3.87. The van der Waals surface area contributed by atoms with Crippen LogP contribution in [0, 0.1) is 0 Å². The van der Waals surface area contributed by atoms with Crippen LogP contribution in [0.15, 0.2) is 0 Å². The van der Waals surface area contributed by atoms with Crippen molar-refractivity contribution in [3.8, 4) is 0 Å². The van der Waals surface area contributed by atoms with Gasteiger partial charge in [0.2, 0.25) is 0 Å². The van der Waals surface area contributed by atoms with E-state index in [1.807, 2.05) is 0 Å². The van der Waals surface area contributed by atoms with E-state index in [0.717, 1.165) is 19.3 Å². The van der Waals surface area contributed by atoms with E-state index >= 15 is 0 Å². The van der Waals surface area contributed by atoms with Gasteiger partial charge in [0.1, 0.15) is 11.1 Å². The summed E-state index contributed by atoms with van der Waals surface area (Å²) in [5.41, 5.74) is -1.57. The second-order valence-electron chi connectivity index (χ2n) is 7.10. The minimum atomic E-state index is -0.974. The highest BCUT2D eigenvalue weighted by Gasteiger charge is 2.49. The summed E-state index contributed by atoms with van der Waals surface area (Å²) >= 11 is 0. The molecule has 120 valence electrons. The van der Waals surface area contributed by atoms with Crippen LogP contribution in [0.5, 0.6) is 0 Å². The highest BCUT2D eigenvalue weighted by Crippen LogP contribution is 2.34. The lowest BCUT2D eigenvalue weighted by molar-refractivity contribution is -0.151. The SMILES string of the molecule is COC(=O)C1(NC(=O)OC(C)(C)C)CC2CCCC(C1)N2. The van der Waals surface area contributed by atoms with Crippen molar-refractivity contribution in [1.82, 2.24) is 10.6 Å². The molecule has 0 aromatic carbocycles. The van der Waals surface area contributed by atoms with Gasteiger partial charge in [-0.05, 0) is 46.5 Å². The van der Waals surface area contributed by atoms with Crippen LogP contribution in [0.1, 0.15) is 52.9 Å². The molecule has 2 fully saturated rings. The molecule has 2 saturated heterocycles. The molecule has 21 heavy (non-hydrogen) atoms. The maximum Gasteiger partial charge on any atom is 0.408 e. The minimum Gasteiger partial charge on any atom is -0.467 e. The van der Waals surface area contributed by atoms with Crippen LogP contribution in [-0.2, 0) is 14.3 Å². The van der Waals surface area contributed by atoms with Crippen molar-refractivity contribution in [2.75, 3.05) is 7.11 Å². The molecule has 2 rings (SSSR count). The Morgan fingerprint density at radius 2 is 1.76 bits per heavy atom. The number of ether oxygens (including phenoxy) is 2. The van der Waals surface area contributed by atoms with Gasteiger partial charge in [-0.2, -0.15) is 0 Å². The first kappa shape index (κ1) is 16.1. The molecule has 2 heterocycles. The monoisotopic (exact) mass is 298 g/mol. The molecule has 1 amide bonds. The Morgan fingerprint density at radius 1 is 1.19 bits per heavy atom. The zero-order valence-electron chi connectivity index (χ0n) is 13.3. The maximum absolute atomic E-state index is 12.3. The van der Waals surface area contributed by atoms with Gasteiger partial charge in [-0.25, -0.2) is 9.59 Å². The van der Waals surface area contributed by atoms with Crippen molar-refractivity contribution in [3.05, 3.63) is 0 Å². The first-order valence-corrected chi connectivity index (χ1v) is 7.60. The van der Waals surface area contributed by atoms with E-state index in [9.17, 15) is 9.59 Å². The fourth-order valence-electron chi connectivity index (χ4n) is 3.37. The smallest absolute Gasteiger partial charge is 0.408 e. The molecule has 0 radical (unpaired) electrons. The normalized spacial score (nSPS) is 32.2. The Hall–Kier alpha value is -1.30. The molecular formula is C15H26N2O4. The van der Waals surface area contributed by atoms with Gasteiger partial charge in [0, 0.05) is 12.1 Å². The van der Waals surface area contributed by atoms with Gasteiger partial charge in [-0.1, -0.05) is 6.42 Å². The second kappa shape index (κ2) is 5.83. The molecule has 2 aliphatic heterocycles. The van der Waals surface area contributed by atoms with Crippen LogP contribution in [0.25, 0.3) is 0 Å². The Morgan fingerprint density at radius 3 is 2.24 bits per heavy atom. The van der Waals surface area contributed by atoms with Crippen molar-refractivity contribution in [2.24, 2.45) is 0 Å². The molecule has 0 spiro atoms. The van der Waals surface area contributed by atoms with E-state index in [0.29, 0.717) is 12.8 Å². The van der Waals surface area contributed by atoms with Gasteiger partial charge in [0.25, 0.3) is 0 Å². The molecule has 6 heteroatoms. The third-order valence-corrected chi connectivity index (χ3v) is 4.08. The van der Waals surface area contributed by atoms with Crippen molar-refractivity contribution in [3.63, 3.8) is 0 Å². The molecular weight excluding hydrogens is 272 g/mol. The van der Waals surface area contributed by atoms with Crippen LogP contribution in [-0.4, -0.2) is 42.4 Å². The number of nitrogens with one attached hydrogen (secondary N) is 2. The lowest BCUT2D eigenvalue weighted by atomic mass is 9.75. The Bertz CT molecular complexity index is 404. The summed E-state index contributed by atoms with van der Waals surface area (Å²) in [5, 5.41) is 6.30. The largest absolute Gasteiger partial charge is 0.467 e. The van der Waals surface area contributed by atoms with Crippen molar-refractivity contribution < 1.29 is 19.1 Å². The van der Waals surface area contributed by atoms with Gasteiger partial charge in [0.15, 0.2) is 0 Å². The van der Waals surface area contributed by atoms with E-state index in [4.69, 9.17) is 9.47 Å². The van der Waals surface area contributed by atoms with Crippen LogP contribution in [0.4, 0.5) is 4.79 Å². The fraction of sp³-hybridized carbons (Fsp3) is 0.867. The number of rotatable bonds is 2. The number of methoxy groups -OCH3 is 1. The van der Waals surface area contributed by atoms with Gasteiger partial charge >= 0.3 is 12.1 Å². The molecule has 6 nitrogen and oxygen atoms in total. The number of alkyl carbamates (subject to hydrolysis) is 1. The standard InChI is InChI=1S/C15H26N2O4/c1-14(2,3)21-13(19)17-15(12(18)20-4)8-10-6-5-7-11(9-15)16-10/h10-11,16H,5-9H2,1-4H3,(H,17,19). The molecule has 0 saturated carbocycles. The van der Waals surface area contributed by atoms with E-state index in [2.05, 4.69) is 10.6 Å². The molecule has 2 atom stereocenters. The summed E-state index contributed by atoms with van der Waals surface area (Å²) in [7, 11) is 1.36. The number of hydrogen-bond acceptors (Lipinski definition) is 5. The topological polar surface area (TPSA) is 76.7 Å². The average molecular weight is 298 g/mol. The maximum atomic E-state index is 12.3. The molecule has 2 aliphatic rings. The molecule has 0 aromatic heterocycles. The van der Waals surface area contributed by atoms with Crippen molar-refractivity contribution in [1.29, 1.82) is 0 Å².